The van der Waals surface area contributed by atoms with Crippen LogP contribution in [0.3, 0.4) is 0 Å². The predicted molar refractivity (Wildman–Crippen MR) is 111 cm³/mol. The number of piperidine rings is 1. The Morgan fingerprint density at radius 2 is 1.90 bits per heavy atom. The highest BCUT2D eigenvalue weighted by atomic mass is 19.1. The highest BCUT2D eigenvalue weighted by Gasteiger charge is 2.56. The Morgan fingerprint density at radius 1 is 1.10 bits per heavy atom. The molecule has 1 saturated carbocycles. The maximum absolute atomic E-state index is 13.9. The maximum Gasteiger partial charge on any atom is 0.323 e. The highest BCUT2D eigenvalue weighted by Crippen LogP contribution is 2.48. The Balaban J connectivity index is 1.39. The lowest BCUT2D eigenvalue weighted by Crippen LogP contribution is -2.47. The SMILES string of the molecule is NC(=O)n1cc(NC(=O)N2[C@@H]3C[C@@H]3C[C@H]2C(=O)Nc2ccncc2F)c2ccccc21. The fourth-order valence-corrected chi connectivity index (χ4v) is 4.32. The van der Waals surface area contributed by atoms with Gasteiger partial charge in [0.15, 0.2) is 5.82 Å². The molecule has 1 aliphatic heterocycles. The van der Waals surface area contributed by atoms with Gasteiger partial charge in [-0.15, -0.1) is 0 Å². The molecule has 2 aliphatic rings. The molecule has 2 fully saturated rings. The van der Waals surface area contributed by atoms with E-state index in [1.165, 1.54) is 27.9 Å². The molecule has 3 heterocycles. The molecule has 9 nitrogen and oxygen atoms in total. The van der Waals surface area contributed by atoms with Crippen LogP contribution >= 0.6 is 0 Å². The number of likely N-dealkylation sites (tertiary alicyclic amines) is 1. The van der Waals surface area contributed by atoms with Crippen molar-refractivity contribution < 1.29 is 18.8 Å². The number of halogens is 1. The van der Waals surface area contributed by atoms with Gasteiger partial charge in [0.1, 0.15) is 6.04 Å². The van der Waals surface area contributed by atoms with E-state index in [9.17, 15) is 18.8 Å². The van der Waals surface area contributed by atoms with E-state index in [1.807, 2.05) is 0 Å². The number of nitrogens with one attached hydrogen (secondary N) is 2. The van der Waals surface area contributed by atoms with Crippen LogP contribution in [0, 0.1) is 11.7 Å². The van der Waals surface area contributed by atoms with Crippen LogP contribution in [0.2, 0.25) is 0 Å². The van der Waals surface area contributed by atoms with Gasteiger partial charge in [-0.2, -0.15) is 0 Å². The van der Waals surface area contributed by atoms with Crippen LogP contribution in [0.15, 0.2) is 48.9 Å². The Labute approximate surface area is 176 Å². The lowest BCUT2D eigenvalue weighted by molar-refractivity contribution is -0.120. The molecule has 4 amide bonds. The number of benzene rings is 1. The monoisotopic (exact) mass is 422 g/mol. The van der Waals surface area contributed by atoms with E-state index < -0.39 is 29.8 Å². The maximum atomic E-state index is 13.9. The number of carbonyl (C=O) groups is 3. The summed E-state index contributed by atoms with van der Waals surface area (Å²) in [7, 11) is 0. The minimum absolute atomic E-state index is 0.0189. The molecule has 158 valence electrons. The quantitative estimate of drug-likeness (QED) is 0.601. The minimum Gasteiger partial charge on any atom is -0.351 e. The van der Waals surface area contributed by atoms with Crippen molar-refractivity contribution in [1.29, 1.82) is 0 Å². The molecular formula is C21H19FN6O3. The van der Waals surface area contributed by atoms with E-state index in [4.69, 9.17) is 5.73 Å². The zero-order valence-electron chi connectivity index (χ0n) is 16.3. The number of nitrogens with two attached hydrogens (primary N) is 1. The summed E-state index contributed by atoms with van der Waals surface area (Å²) >= 11 is 0. The minimum atomic E-state index is -0.721. The lowest BCUT2D eigenvalue weighted by atomic mass is 10.1. The number of para-hydroxylation sites is 1. The Hall–Kier alpha value is -3.95. The van der Waals surface area contributed by atoms with Crippen LogP contribution in [-0.2, 0) is 4.79 Å². The number of fused-ring (bicyclic) bond motifs is 2. The smallest absolute Gasteiger partial charge is 0.323 e. The average Bonchev–Trinajstić information content (AvgIpc) is 3.25. The summed E-state index contributed by atoms with van der Waals surface area (Å²) in [5.41, 5.74) is 6.44. The van der Waals surface area contributed by atoms with Crippen LogP contribution in [0.25, 0.3) is 10.9 Å². The summed E-state index contributed by atoms with van der Waals surface area (Å²) < 4.78 is 15.1. The van der Waals surface area contributed by atoms with Crippen LogP contribution in [0.1, 0.15) is 12.8 Å². The summed E-state index contributed by atoms with van der Waals surface area (Å²) in [6, 6.07) is 6.53. The van der Waals surface area contributed by atoms with Gasteiger partial charge in [0.05, 0.1) is 23.1 Å². The van der Waals surface area contributed by atoms with E-state index in [-0.39, 0.29) is 17.6 Å². The molecule has 0 radical (unpaired) electrons. The fourth-order valence-electron chi connectivity index (χ4n) is 4.32. The molecule has 0 unspecified atom stereocenters. The number of rotatable bonds is 3. The Kier molecular flexibility index (Phi) is 4.35. The molecule has 4 N–H and O–H groups in total. The molecule has 5 rings (SSSR count). The molecule has 0 spiro atoms. The number of carbonyl (C=O) groups excluding carboxylic acids is 3. The second-order valence-corrected chi connectivity index (χ2v) is 7.76. The van der Waals surface area contributed by atoms with Crippen LogP contribution < -0.4 is 16.4 Å². The largest absolute Gasteiger partial charge is 0.351 e. The number of nitrogens with zero attached hydrogens (tertiary/aromatic N) is 3. The van der Waals surface area contributed by atoms with E-state index in [0.29, 0.717) is 23.0 Å². The molecule has 3 aromatic rings. The van der Waals surface area contributed by atoms with Crippen molar-refractivity contribution in [2.45, 2.75) is 24.9 Å². The van der Waals surface area contributed by atoms with E-state index in [1.54, 1.807) is 24.3 Å². The topological polar surface area (TPSA) is 122 Å². The summed E-state index contributed by atoms with van der Waals surface area (Å²) in [6.45, 7) is 0. The Morgan fingerprint density at radius 3 is 2.68 bits per heavy atom. The molecule has 2 aromatic heterocycles. The van der Waals surface area contributed by atoms with Gasteiger partial charge in [-0.05, 0) is 30.9 Å². The second kappa shape index (κ2) is 7.08. The lowest BCUT2D eigenvalue weighted by Gasteiger charge is -2.27. The standard InChI is InChI=1S/C21H19FN6O3/c22-13-9-24-6-5-14(13)25-19(29)18-8-11-7-17(11)28(18)21(31)26-15-10-27(20(23)30)16-4-2-1-3-12(15)16/h1-6,9-11,17-18H,7-8H2,(H2,23,30)(H,26,31)(H,24,25,29)/t11-,17-,18+/m1/s1. The van der Waals surface area contributed by atoms with Crippen molar-refractivity contribution >= 4 is 40.2 Å². The molecule has 1 aromatic carbocycles. The first kappa shape index (κ1) is 19.0. The van der Waals surface area contributed by atoms with Gasteiger partial charge in [0.2, 0.25) is 5.91 Å². The number of hydrogen-bond donors (Lipinski definition) is 3. The van der Waals surface area contributed by atoms with Gasteiger partial charge < -0.3 is 21.3 Å². The molecule has 1 aliphatic carbocycles. The number of hydrogen-bond acceptors (Lipinski definition) is 4. The zero-order chi connectivity index (χ0) is 21.7. The van der Waals surface area contributed by atoms with Gasteiger partial charge in [-0.1, -0.05) is 18.2 Å². The van der Waals surface area contributed by atoms with Gasteiger partial charge in [-0.25, -0.2) is 14.0 Å². The van der Waals surface area contributed by atoms with Gasteiger partial charge in [-0.3, -0.25) is 14.3 Å². The predicted octanol–water partition coefficient (Wildman–Crippen LogP) is 2.74. The van der Waals surface area contributed by atoms with Gasteiger partial charge >= 0.3 is 12.1 Å². The van der Waals surface area contributed by atoms with Gasteiger partial charge in [0.25, 0.3) is 0 Å². The summed E-state index contributed by atoms with van der Waals surface area (Å²) in [6.07, 6.45) is 5.20. The zero-order valence-corrected chi connectivity index (χ0v) is 16.3. The Bertz CT molecular complexity index is 1220. The van der Waals surface area contributed by atoms with Crippen molar-refractivity contribution in [1.82, 2.24) is 14.5 Å². The number of pyridine rings is 1. The molecule has 31 heavy (non-hydrogen) atoms. The molecule has 3 atom stereocenters. The fraction of sp³-hybridized carbons (Fsp3) is 0.238. The van der Waals surface area contributed by atoms with Crippen molar-refractivity contribution in [3.63, 3.8) is 0 Å². The number of amides is 4. The normalized spacial score (nSPS) is 21.6. The molecule has 1 saturated heterocycles. The first-order valence-corrected chi connectivity index (χ1v) is 9.83. The first-order chi connectivity index (χ1) is 14.9. The summed E-state index contributed by atoms with van der Waals surface area (Å²) in [5.74, 6) is -0.850. The second-order valence-electron chi connectivity index (χ2n) is 7.76. The van der Waals surface area contributed by atoms with Crippen LogP contribution in [0.5, 0.6) is 0 Å². The van der Waals surface area contributed by atoms with Crippen molar-refractivity contribution in [2.24, 2.45) is 11.7 Å². The highest BCUT2D eigenvalue weighted by molar-refractivity contribution is 6.06. The van der Waals surface area contributed by atoms with Crippen LogP contribution in [-0.4, -0.2) is 44.5 Å². The van der Waals surface area contributed by atoms with Gasteiger partial charge in [0, 0.05) is 23.8 Å². The number of anilines is 2. The first-order valence-electron chi connectivity index (χ1n) is 9.83. The third-order valence-electron chi connectivity index (χ3n) is 5.86. The molecule has 10 heteroatoms. The summed E-state index contributed by atoms with van der Waals surface area (Å²) in [5, 5.41) is 6.02. The third kappa shape index (κ3) is 3.25. The van der Waals surface area contributed by atoms with Crippen molar-refractivity contribution in [2.75, 3.05) is 10.6 Å². The van der Waals surface area contributed by atoms with E-state index >= 15 is 0 Å². The van der Waals surface area contributed by atoms with Crippen molar-refractivity contribution in [3.8, 4) is 0 Å². The van der Waals surface area contributed by atoms with Crippen LogP contribution in [0.4, 0.5) is 25.4 Å². The molecular weight excluding hydrogens is 403 g/mol. The van der Waals surface area contributed by atoms with Crippen molar-refractivity contribution in [3.05, 3.63) is 54.7 Å². The van der Waals surface area contributed by atoms with E-state index in [0.717, 1.165) is 12.6 Å². The third-order valence-corrected chi connectivity index (χ3v) is 5.86. The number of urea groups is 1. The molecule has 0 bridgehead atoms. The number of primary amides is 1. The number of aromatic nitrogens is 2. The van der Waals surface area contributed by atoms with E-state index in [2.05, 4.69) is 15.6 Å². The average molecular weight is 422 g/mol. The summed E-state index contributed by atoms with van der Waals surface area (Å²) in [4.78, 5) is 42.9.